The minimum Gasteiger partial charge on any atom is -0.0625 e. The Balaban J connectivity index is 0.000000584. The van der Waals surface area contributed by atoms with Gasteiger partial charge in [0, 0.05) is 35.6 Å². The maximum absolute atomic E-state index is 7.63. The second-order valence-electron chi connectivity index (χ2n) is 17.0. The largest absolute Gasteiger partial charge is 0.0625 e. The molecular weight excluding hydrogens is 841 g/mol. The standard InChI is InChI=1S/2C8H10.2C7H14.4C7H8.2C6H12/c1-7-4-3-5-8(2)6-7;1-7-5-3-4-6-8(7)2;6*1-7-5-3-2-4-6-7;2*1-6-4-2-3-5-6/h2*3-6H,1-2H3;2*7H,2-6H2,1H3;4*2-6H,1H3;2*6H,2-5H2,1H3/i2*1D3;2D2,3D2,4D2,5D2,6D2;7D;2D,3D,4D,5D,6D;5D;3D;2D;2D2,3D2,4D2,5D2;6D. The monoisotopic (exact) mass is 979 g/mol. The van der Waals surface area contributed by atoms with Crippen LogP contribution in [-0.4, -0.2) is 0 Å². The Bertz CT molecular complexity index is 3390. The summed E-state index contributed by atoms with van der Waals surface area (Å²) in [6, 6.07) is 37.1. The number of rotatable bonds is 0. The molecular formula is C70H104. The van der Waals surface area contributed by atoms with E-state index < -0.39 is 82.9 Å². The van der Waals surface area contributed by atoms with Crippen molar-refractivity contribution in [2.75, 3.05) is 0 Å². The summed E-state index contributed by atoms with van der Waals surface area (Å²) in [6.07, 6.45) is -14.8. The van der Waals surface area contributed by atoms with Crippen molar-refractivity contribution in [3.05, 3.63) is 214 Å². The van der Waals surface area contributed by atoms with Crippen LogP contribution < -0.4 is 0 Å². The Morgan fingerprint density at radius 1 is 0.371 bits per heavy atom. The molecule has 4 fully saturated rings. The van der Waals surface area contributed by atoms with Gasteiger partial charge in [-0.3, -0.25) is 0 Å². The van der Waals surface area contributed by atoms with Gasteiger partial charge in [0.25, 0.3) is 0 Å². The van der Waals surface area contributed by atoms with Crippen LogP contribution >= 0.6 is 0 Å². The van der Waals surface area contributed by atoms with Gasteiger partial charge < -0.3 is 0 Å². The minimum atomic E-state index is -3.26. The highest BCUT2D eigenvalue weighted by Gasteiger charge is 2.08. The van der Waals surface area contributed by atoms with Gasteiger partial charge in [0.05, 0.1) is 11.0 Å². The van der Waals surface area contributed by atoms with Crippen molar-refractivity contribution in [1.82, 2.24) is 0 Å². The van der Waals surface area contributed by atoms with Crippen LogP contribution in [0.2, 0.25) is 0 Å². The Kier molecular flexibility index (Phi) is 16.9. The van der Waals surface area contributed by atoms with E-state index in [9.17, 15) is 0 Å². The van der Waals surface area contributed by atoms with Crippen LogP contribution in [0.1, 0.15) is 234 Å². The third kappa shape index (κ3) is 40.1. The van der Waals surface area contributed by atoms with Crippen molar-refractivity contribution in [3.63, 3.8) is 0 Å². The lowest BCUT2D eigenvalue weighted by molar-refractivity contribution is 0.385. The van der Waals surface area contributed by atoms with Gasteiger partial charge >= 0.3 is 0 Å². The summed E-state index contributed by atoms with van der Waals surface area (Å²) in [5.74, 6) is -3.05. The fourth-order valence-corrected chi connectivity index (χ4v) is 5.78. The summed E-state index contributed by atoms with van der Waals surface area (Å²) in [5.41, 5.74) is 6.36. The fourth-order valence-electron chi connectivity index (χ4n) is 5.78. The molecule has 0 aliphatic heterocycles. The van der Waals surface area contributed by atoms with E-state index in [1.807, 2.05) is 115 Å². The number of aryl methyl sites for hydroxylation is 7. The van der Waals surface area contributed by atoms with E-state index in [2.05, 4.69) is 0 Å². The van der Waals surface area contributed by atoms with Gasteiger partial charge in [-0.1, -0.05) is 346 Å². The van der Waals surface area contributed by atoms with Crippen LogP contribution in [0, 0.1) is 78.9 Å². The average molecular weight is 980 g/mol. The van der Waals surface area contributed by atoms with Crippen molar-refractivity contribution in [1.29, 1.82) is 0 Å². The van der Waals surface area contributed by atoms with E-state index in [-0.39, 0.29) is 42.0 Å². The van der Waals surface area contributed by atoms with Crippen LogP contribution in [0.5, 0.6) is 0 Å². The van der Waals surface area contributed by atoms with Crippen molar-refractivity contribution in [2.24, 2.45) is 23.6 Å². The molecule has 0 amide bonds. The van der Waals surface area contributed by atoms with Gasteiger partial charge in [0.2, 0.25) is 0 Å². The molecule has 4 saturated carbocycles. The summed E-state index contributed by atoms with van der Waals surface area (Å²) < 4.78 is 250. The van der Waals surface area contributed by atoms with Gasteiger partial charge in [0.15, 0.2) is 0 Å². The van der Waals surface area contributed by atoms with Crippen LogP contribution in [0.15, 0.2) is 170 Å². The average Bonchev–Trinajstić information content (AvgIpc) is 0.760. The van der Waals surface area contributed by atoms with Gasteiger partial charge in [-0.2, -0.15) is 0 Å². The third-order valence-electron chi connectivity index (χ3n) is 9.91. The normalized spacial score (nSPS) is 29.9. The first kappa shape index (κ1) is 27.4. The summed E-state index contributed by atoms with van der Waals surface area (Å²) in [4.78, 5) is 0. The molecule has 4 aliphatic carbocycles. The first-order valence-corrected chi connectivity index (χ1v) is 24.1. The number of benzene rings is 6. The lowest BCUT2D eigenvalue weighted by Gasteiger charge is -2.15. The lowest BCUT2D eigenvalue weighted by atomic mass is 9.91. The fraction of sp³-hybridized carbons (Fsp3) is 0.486. The van der Waals surface area contributed by atoms with E-state index >= 15 is 0 Å². The molecule has 6 aromatic carbocycles. The molecule has 0 atom stereocenters. The molecule has 0 unspecified atom stereocenters. The van der Waals surface area contributed by atoms with Gasteiger partial charge in [-0.05, 0) is 90.0 Å². The van der Waals surface area contributed by atoms with Crippen molar-refractivity contribution < 1.29 is 46.6 Å². The topological polar surface area (TPSA) is 0 Å². The lowest BCUT2D eigenvalue weighted by Crippen LogP contribution is -1.99. The zero-order valence-electron chi connectivity index (χ0n) is 77.6. The van der Waals surface area contributed by atoms with Gasteiger partial charge in [-0.25, -0.2) is 0 Å². The summed E-state index contributed by atoms with van der Waals surface area (Å²) in [7, 11) is 0. The van der Waals surface area contributed by atoms with Crippen LogP contribution in [-0.2, 0) is 0 Å². The second-order valence-corrected chi connectivity index (χ2v) is 17.0. The van der Waals surface area contributed by atoms with Crippen molar-refractivity contribution >= 4 is 0 Å². The number of hydrogen-bond acceptors (Lipinski definition) is 0. The van der Waals surface area contributed by atoms with E-state index in [4.69, 9.17) is 46.6 Å². The zero-order valence-corrected chi connectivity index (χ0v) is 43.6. The van der Waals surface area contributed by atoms with Gasteiger partial charge in [0.1, 0.15) is 0 Å². The second kappa shape index (κ2) is 43.1. The van der Waals surface area contributed by atoms with Crippen LogP contribution in [0.3, 0.4) is 0 Å². The van der Waals surface area contributed by atoms with E-state index in [1.165, 1.54) is 51.5 Å². The van der Waals surface area contributed by atoms with Crippen LogP contribution in [0.4, 0.5) is 0 Å². The quantitative estimate of drug-likeness (QED) is 0.142. The number of hydrogen-bond donors (Lipinski definition) is 0. The van der Waals surface area contributed by atoms with E-state index in [0.717, 1.165) is 54.9 Å². The molecule has 0 spiro atoms. The van der Waals surface area contributed by atoms with E-state index in [1.54, 1.807) is 54.6 Å². The Morgan fingerprint density at radius 3 is 1.23 bits per heavy atom. The molecule has 0 bridgehead atoms. The molecule has 0 N–H and O–H groups in total. The van der Waals surface area contributed by atoms with E-state index in [0.29, 0.717) is 34.8 Å². The molecule has 6 aromatic rings. The highest BCUT2D eigenvalue weighted by Crippen LogP contribution is 2.24. The highest BCUT2D eigenvalue weighted by atomic mass is 14.1. The molecule has 70 heavy (non-hydrogen) atoms. The smallest absolute Gasteiger partial charge is 0.0625 e. The first-order chi connectivity index (χ1) is 46.8. The third-order valence-corrected chi connectivity index (χ3v) is 9.91. The zero-order chi connectivity index (χ0) is 81.4. The van der Waals surface area contributed by atoms with Crippen molar-refractivity contribution in [2.45, 2.75) is 198 Å². The Hall–Kier alpha value is -4.68. The molecule has 0 saturated heterocycles. The molecule has 0 radical (unpaired) electrons. The highest BCUT2D eigenvalue weighted by molar-refractivity contribution is 5.23. The maximum Gasteiger partial charge on any atom is 0.0625 e. The maximum atomic E-state index is 7.63. The first-order valence-electron chi connectivity index (χ1n) is 41.1. The molecule has 0 heterocycles. The predicted molar refractivity (Wildman–Crippen MR) is 316 cm³/mol. The molecule has 0 nitrogen and oxygen atoms in total. The molecule has 10 rings (SSSR count). The predicted octanol–water partition coefficient (Wildman–Crippen LogP) is 22.2. The molecule has 384 valence electrons. The van der Waals surface area contributed by atoms with Gasteiger partial charge in [-0.15, -0.1) is 0 Å². The molecule has 4 aliphatic rings. The van der Waals surface area contributed by atoms with Crippen LogP contribution in [0.25, 0.3) is 0 Å². The minimum absolute atomic E-state index is 0.0556. The molecule has 0 heteroatoms. The Morgan fingerprint density at radius 2 is 0.843 bits per heavy atom. The molecule has 0 aromatic heterocycles. The summed E-state index contributed by atoms with van der Waals surface area (Å²) >= 11 is 0. The summed E-state index contributed by atoms with van der Waals surface area (Å²) in [5, 5.41) is 0. The van der Waals surface area contributed by atoms with Crippen molar-refractivity contribution in [3.8, 4) is 0 Å². The Labute approximate surface area is 482 Å². The SMILES string of the molecule is [2H]C([2H])([2H])c1cccc(C)c1.[2H]C([2H])([2H])c1ccccc1C.[2H]C1(C)CCCC1.[2H]C1(C)CCCCC1.[2H]C1([2H])C(C)C([2H])([2H])C([2H])([2H])C([2H])([2H])C1([2H])[2H].[2H]C1([2H])C(C)C([2H])([2H])C([2H])([2H])C1([2H])[2H].[2H]c1c([2H])c([2H])c(C)c([2H])c1[2H].[2H]c1ccc(C)cc1.[2H]c1cccc(C)c1.[2H]c1ccccc1C. The summed E-state index contributed by atoms with van der Waals surface area (Å²) in [6.45, 7) is 13.5.